The first-order chi connectivity index (χ1) is 13.2. The zero-order chi connectivity index (χ0) is 19.1. The predicted molar refractivity (Wildman–Crippen MR) is 110 cm³/mol. The molecule has 3 aromatic rings. The number of nitriles is 1. The zero-order valence-electron chi connectivity index (χ0n) is 15.6. The minimum absolute atomic E-state index is 0.710. The van der Waals surface area contributed by atoms with E-state index in [2.05, 4.69) is 51.1 Å². The number of nitrogens with zero attached hydrogens (tertiary/aromatic N) is 4. The fourth-order valence-electron chi connectivity index (χ4n) is 2.74. The average Bonchev–Trinajstić information content (AvgIpc) is 3.37. The van der Waals surface area contributed by atoms with Gasteiger partial charge in [0, 0.05) is 36.6 Å². The van der Waals surface area contributed by atoms with Gasteiger partial charge in [0.25, 0.3) is 0 Å². The van der Waals surface area contributed by atoms with Crippen molar-refractivity contribution in [2.45, 2.75) is 33.2 Å². The Morgan fingerprint density at radius 2 is 2.11 bits per heavy atom. The highest BCUT2D eigenvalue weighted by Gasteiger charge is 2.05. The minimum Gasteiger partial charge on any atom is -0.334 e. The van der Waals surface area contributed by atoms with E-state index >= 15 is 0 Å². The second-order valence-electron chi connectivity index (χ2n) is 6.51. The lowest BCUT2D eigenvalue weighted by Crippen LogP contribution is -2.05. The Morgan fingerprint density at radius 3 is 2.81 bits per heavy atom. The van der Waals surface area contributed by atoms with E-state index < -0.39 is 0 Å². The summed E-state index contributed by atoms with van der Waals surface area (Å²) in [4.78, 5) is 10.1. The van der Waals surface area contributed by atoms with Crippen LogP contribution in [-0.2, 0) is 19.4 Å². The molecule has 0 aromatic carbocycles. The highest BCUT2D eigenvalue weighted by molar-refractivity contribution is 7.13. The lowest BCUT2D eigenvalue weighted by atomic mass is 10.1. The van der Waals surface area contributed by atoms with Gasteiger partial charge in [-0.05, 0) is 49.4 Å². The number of imidazole rings is 1. The number of thiophene rings is 1. The molecule has 4 nitrogen and oxygen atoms in total. The first kappa shape index (κ1) is 18.8. The molecular formula is C22H22N4S. The van der Waals surface area contributed by atoms with Crippen LogP contribution in [0, 0.1) is 11.3 Å². The van der Waals surface area contributed by atoms with Crippen LogP contribution in [0.1, 0.15) is 25.1 Å². The second-order valence-corrected chi connectivity index (χ2v) is 7.46. The normalized spacial score (nSPS) is 12.2. The molecule has 0 bridgehead atoms. The summed E-state index contributed by atoms with van der Waals surface area (Å²) in [6.07, 6.45) is 11.4. The Labute approximate surface area is 164 Å². The van der Waals surface area contributed by atoms with Crippen molar-refractivity contribution in [1.29, 1.82) is 5.26 Å². The van der Waals surface area contributed by atoms with Gasteiger partial charge in [-0.1, -0.05) is 23.8 Å². The van der Waals surface area contributed by atoms with E-state index in [0.717, 1.165) is 25.1 Å². The molecule has 0 aliphatic heterocycles. The number of hydrogen-bond donors (Lipinski definition) is 0. The van der Waals surface area contributed by atoms with Gasteiger partial charge in [0.1, 0.15) is 0 Å². The number of hydrogen-bond acceptors (Lipinski definition) is 4. The average molecular weight is 375 g/mol. The molecule has 0 amide bonds. The number of aryl methyl sites for hydroxylation is 2. The third-order valence-electron chi connectivity index (χ3n) is 4.29. The molecule has 0 fully saturated rings. The van der Waals surface area contributed by atoms with E-state index in [0.29, 0.717) is 5.57 Å². The van der Waals surface area contributed by atoms with Gasteiger partial charge in [-0.15, -0.1) is 11.3 Å². The van der Waals surface area contributed by atoms with Crippen LogP contribution >= 0.6 is 11.3 Å². The van der Waals surface area contributed by atoms with Crippen LogP contribution in [0.5, 0.6) is 0 Å². The summed E-state index contributed by atoms with van der Waals surface area (Å²) in [5.41, 5.74) is 5.33. The van der Waals surface area contributed by atoms with Crippen LogP contribution in [0.25, 0.3) is 10.6 Å². The fraction of sp³-hybridized carbons (Fsp3) is 0.227. The molecule has 136 valence electrons. The lowest BCUT2D eigenvalue weighted by Gasteiger charge is -2.09. The molecular weight excluding hydrogens is 352 g/mol. The molecule has 3 aromatic heterocycles. The van der Waals surface area contributed by atoms with Crippen LogP contribution in [0.4, 0.5) is 0 Å². The Kier molecular flexibility index (Phi) is 6.35. The molecule has 0 radical (unpaired) electrons. The lowest BCUT2D eigenvalue weighted by molar-refractivity contribution is 0.665. The molecule has 0 aliphatic carbocycles. The van der Waals surface area contributed by atoms with Gasteiger partial charge in [-0.3, -0.25) is 4.98 Å². The van der Waals surface area contributed by atoms with Gasteiger partial charge in [0.05, 0.1) is 23.0 Å². The first-order valence-electron chi connectivity index (χ1n) is 8.87. The Hall–Kier alpha value is -2.97. The van der Waals surface area contributed by atoms with Gasteiger partial charge >= 0.3 is 0 Å². The van der Waals surface area contributed by atoms with Gasteiger partial charge < -0.3 is 4.57 Å². The van der Waals surface area contributed by atoms with Gasteiger partial charge in [0.2, 0.25) is 0 Å². The monoisotopic (exact) mass is 374 g/mol. The second kappa shape index (κ2) is 9.11. The molecule has 3 heterocycles. The largest absolute Gasteiger partial charge is 0.334 e. The van der Waals surface area contributed by atoms with E-state index in [1.54, 1.807) is 11.3 Å². The van der Waals surface area contributed by atoms with Crippen LogP contribution in [-0.4, -0.2) is 14.5 Å². The summed E-state index contributed by atoms with van der Waals surface area (Å²) < 4.78 is 2.19. The van der Waals surface area contributed by atoms with Crippen molar-refractivity contribution in [2.24, 2.45) is 0 Å². The number of allylic oxidation sites excluding steroid dienone is 4. The van der Waals surface area contributed by atoms with Crippen molar-refractivity contribution in [2.75, 3.05) is 0 Å². The van der Waals surface area contributed by atoms with E-state index in [-0.39, 0.29) is 0 Å². The number of pyridine rings is 1. The summed E-state index contributed by atoms with van der Waals surface area (Å²) in [5.74, 6) is 0. The van der Waals surface area contributed by atoms with E-state index in [1.807, 2.05) is 43.9 Å². The van der Waals surface area contributed by atoms with Crippen molar-refractivity contribution in [3.05, 3.63) is 82.9 Å². The molecule has 0 aliphatic rings. The predicted octanol–water partition coefficient (Wildman–Crippen LogP) is 5.21. The van der Waals surface area contributed by atoms with Crippen molar-refractivity contribution < 1.29 is 0 Å². The SMILES string of the molecule is C/C(C#N)=C\C=C(/C)Cc1cncn1CCc1ccc(-c2cccs2)nc1. The zero-order valence-corrected chi connectivity index (χ0v) is 16.4. The van der Waals surface area contributed by atoms with Gasteiger partial charge in [-0.2, -0.15) is 5.26 Å². The molecule has 5 heteroatoms. The van der Waals surface area contributed by atoms with Gasteiger partial charge in [-0.25, -0.2) is 4.98 Å². The third-order valence-corrected chi connectivity index (χ3v) is 5.18. The highest BCUT2D eigenvalue weighted by atomic mass is 32.1. The smallest absolute Gasteiger partial charge is 0.0948 e. The molecule has 0 spiro atoms. The maximum atomic E-state index is 8.83. The molecule has 27 heavy (non-hydrogen) atoms. The molecule has 0 atom stereocenters. The van der Waals surface area contributed by atoms with Crippen LogP contribution in [0.3, 0.4) is 0 Å². The molecule has 0 saturated carbocycles. The van der Waals surface area contributed by atoms with Crippen molar-refractivity contribution in [3.63, 3.8) is 0 Å². The quantitative estimate of drug-likeness (QED) is 0.421. The summed E-state index contributed by atoms with van der Waals surface area (Å²) in [5, 5.41) is 10.9. The molecule has 0 saturated heterocycles. The molecule has 3 rings (SSSR count). The summed E-state index contributed by atoms with van der Waals surface area (Å²) in [6, 6.07) is 10.5. The third kappa shape index (κ3) is 5.25. The summed E-state index contributed by atoms with van der Waals surface area (Å²) in [6.45, 7) is 4.76. The van der Waals surface area contributed by atoms with E-state index in [1.165, 1.54) is 21.7 Å². The topological polar surface area (TPSA) is 54.5 Å². The molecule has 0 unspecified atom stereocenters. The Bertz CT molecular complexity index is 970. The summed E-state index contributed by atoms with van der Waals surface area (Å²) in [7, 11) is 0. The standard InChI is InChI=1S/C22H22N4S/c1-17(5-6-18(2)13-23)12-20-15-24-16-26(20)10-9-19-7-8-21(25-14-19)22-4-3-11-27-22/h3-8,11,14-16H,9-10,12H2,1-2H3/b17-5+,18-6+. The van der Waals surface area contributed by atoms with Crippen molar-refractivity contribution in [1.82, 2.24) is 14.5 Å². The van der Waals surface area contributed by atoms with Crippen molar-refractivity contribution >= 4 is 11.3 Å². The first-order valence-corrected chi connectivity index (χ1v) is 9.75. The highest BCUT2D eigenvalue weighted by Crippen LogP contribution is 2.22. The molecule has 0 N–H and O–H groups in total. The Morgan fingerprint density at radius 1 is 1.22 bits per heavy atom. The minimum atomic E-state index is 0.710. The van der Waals surface area contributed by atoms with Crippen LogP contribution in [0.15, 0.2) is 71.7 Å². The van der Waals surface area contributed by atoms with Crippen LogP contribution < -0.4 is 0 Å². The van der Waals surface area contributed by atoms with E-state index in [4.69, 9.17) is 5.26 Å². The maximum absolute atomic E-state index is 8.83. The van der Waals surface area contributed by atoms with Crippen molar-refractivity contribution in [3.8, 4) is 16.6 Å². The number of aromatic nitrogens is 3. The van der Waals surface area contributed by atoms with Gasteiger partial charge in [0.15, 0.2) is 0 Å². The fourth-order valence-corrected chi connectivity index (χ4v) is 3.44. The number of rotatable bonds is 7. The van der Waals surface area contributed by atoms with Crippen LogP contribution in [0.2, 0.25) is 0 Å². The summed E-state index contributed by atoms with van der Waals surface area (Å²) >= 11 is 1.71. The maximum Gasteiger partial charge on any atom is 0.0948 e. The Balaban J connectivity index is 1.61. The van der Waals surface area contributed by atoms with E-state index in [9.17, 15) is 0 Å².